The quantitative estimate of drug-likeness (QED) is 0.838. The highest BCUT2D eigenvalue weighted by molar-refractivity contribution is 7.14. The standard InChI is InChI=1S/C20H25N3O2S/c24-13-20(11-15-5-2-1-3-6-15)9-4-10-23(12-20)19(25)22-18-17(16-7-8-16)21-14-26-18/h1-3,5-6,14,16,24H,4,7-13H2,(H,22,25). The molecule has 1 saturated heterocycles. The Bertz CT molecular complexity index is 759. The van der Waals surface area contributed by atoms with Crippen molar-refractivity contribution in [2.75, 3.05) is 25.0 Å². The van der Waals surface area contributed by atoms with Gasteiger partial charge in [-0.3, -0.25) is 5.32 Å². The second-order valence-electron chi connectivity index (χ2n) is 7.62. The van der Waals surface area contributed by atoms with Gasteiger partial charge in [-0.2, -0.15) is 0 Å². The number of aromatic nitrogens is 1. The molecule has 5 nitrogen and oxygen atoms in total. The van der Waals surface area contributed by atoms with Gasteiger partial charge in [0, 0.05) is 24.4 Å². The highest BCUT2D eigenvalue weighted by atomic mass is 32.1. The molecular formula is C20H25N3O2S. The Morgan fingerprint density at radius 2 is 2.15 bits per heavy atom. The molecule has 2 aromatic rings. The number of benzene rings is 1. The van der Waals surface area contributed by atoms with E-state index in [0.29, 0.717) is 12.5 Å². The van der Waals surface area contributed by atoms with E-state index in [0.717, 1.165) is 36.5 Å². The first-order valence-corrected chi connectivity index (χ1v) is 10.2. The van der Waals surface area contributed by atoms with Crippen molar-refractivity contribution in [3.05, 3.63) is 47.1 Å². The van der Waals surface area contributed by atoms with Crippen molar-refractivity contribution in [3.63, 3.8) is 0 Å². The van der Waals surface area contributed by atoms with Crippen molar-refractivity contribution < 1.29 is 9.90 Å². The van der Waals surface area contributed by atoms with Crippen LogP contribution in [0.3, 0.4) is 0 Å². The van der Waals surface area contributed by atoms with Crippen molar-refractivity contribution in [3.8, 4) is 0 Å². The number of thiazole rings is 1. The van der Waals surface area contributed by atoms with Crippen LogP contribution < -0.4 is 5.32 Å². The maximum absolute atomic E-state index is 12.8. The van der Waals surface area contributed by atoms with E-state index in [9.17, 15) is 9.90 Å². The second kappa shape index (κ2) is 7.37. The molecule has 6 heteroatoms. The number of carbonyl (C=O) groups excluding carboxylic acids is 1. The molecule has 1 atom stereocenters. The van der Waals surface area contributed by atoms with Crippen LogP contribution >= 0.6 is 11.3 Å². The number of rotatable bonds is 5. The van der Waals surface area contributed by atoms with Crippen molar-refractivity contribution >= 4 is 22.4 Å². The van der Waals surface area contributed by atoms with Crippen LogP contribution in [0, 0.1) is 5.41 Å². The molecule has 2 N–H and O–H groups in total. The maximum atomic E-state index is 12.8. The summed E-state index contributed by atoms with van der Waals surface area (Å²) in [5, 5.41) is 14.1. The SMILES string of the molecule is O=C(Nc1scnc1C1CC1)N1CCCC(CO)(Cc2ccccc2)C1. The summed E-state index contributed by atoms with van der Waals surface area (Å²) >= 11 is 1.50. The molecule has 1 saturated carbocycles. The van der Waals surface area contributed by atoms with Crippen LogP contribution in [0.1, 0.15) is 42.9 Å². The average Bonchev–Trinajstić information content (AvgIpc) is 3.42. The van der Waals surface area contributed by atoms with E-state index in [1.807, 2.05) is 28.6 Å². The van der Waals surface area contributed by atoms with Crippen LogP contribution in [0.2, 0.25) is 0 Å². The number of aliphatic hydroxyl groups is 1. The van der Waals surface area contributed by atoms with Gasteiger partial charge in [0.1, 0.15) is 5.00 Å². The number of nitrogens with one attached hydrogen (secondary N) is 1. The van der Waals surface area contributed by atoms with Crippen LogP contribution in [-0.4, -0.2) is 40.7 Å². The molecule has 1 aromatic carbocycles. The molecule has 4 rings (SSSR count). The summed E-state index contributed by atoms with van der Waals surface area (Å²) in [6.07, 6.45) is 4.99. The molecule has 2 fully saturated rings. The van der Waals surface area contributed by atoms with Gasteiger partial charge in [0.05, 0.1) is 17.8 Å². The molecule has 1 unspecified atom stereocenters. The molecule has 2 aliphatic rings. The van der Waals surface area contributed by atoms with Gasteiger partial charge >= 0.3 is 6.03 Å². The minimum atomic E-state index is -0.260. The maximum Gasteiger partial charge on any atom is 0.322 e. The van der Waals surface area contributed by atoms with Crippen LogP contribution in [0.5, 0.6) is 0 Å². The normalized spacial score (nSPS) is 23.0. The van der Waals surface area contributed by atoms with Gasteiger partial charge < -0.3 is 10.0 Å². The Hall–Kier alpha value is -1.92. The number of nitrogens with zero attached hydrogens (tertiary/aromatic N) is 2. The average molecular weight is 372 g/mol. The van der Waals surface area contributed by atoms with E-state index in [1.165, 1.54) is 29.7 Å². The van der Waals surface area contributed by atoms with Gasteiger partial charge in [-0.1, -0.05) is 30.3 Å². The first-order chi connectivity index (χ1) is 12.7. The van der Waals surface area contributed by atoms with E-state index in [2.05, 4.69) is 22.4 Å². The summed E-state index contributed by atoms with van der Waals surface area (Å²) in [5.41, 5.74) is 3.80. The summed E-state index contributed by atoms with van der Waals surface area (Å²) in [6.45, 7) is 1.42. The van der Waals surface area contributed by atoms with Crippen molar-refractivity contribution in [1.29, 1.82) is 0 Å². The molecule has 0 bridgehead atoms. The lowest BCUT2D eigenvalue weighted by molar-refractivity contribution is 0.0500. The summed E-state index contributed by atoms with van der Waals surface area (Å²) in [6, 6.07) is 10.2. The number of carbonyl (C=O) groups is 1. The van der Waals surface area contributed by atoms with Crippen LogP contribution in [0.15, 0.2) is 35.8 Å². The summed E-state index contributed by atoms with van der Waals surface area (Å²) in [7, 11) is 0. The molecule has 0 spiro atoms. The number of piperidine rings is 1. The van der Waals surface area contributed by atoms with E-state index in [1.54, 1.807) is 0 Å². The van der Waals surface area contributed by atoms with Gasteiger partial charge in [-0.25, -0.2) is 9.78 Å². The number of aliphatic hydroxyl groups excluding tert-OH is 1. The Labute approximate surface area is 158 Å². The predicted octanol–water partition coefficient (Wildman–Crippen LogP) is 3.87. The van der Waals surface area contributed by atoms with Crippen LogP contribution in [0.4, 0.5) is 9.80 Å². The Morgan fingerprint density at radius 3 is 2.88 bits per heavy atom. The predicted molar refractivity (Wildman–Crippen MR) is 104 cm³/mol. The molecule has 2 heterocycles. The van der Waals surface area contributed by atoms with Crippen molar-refractivity contribution in [2.45, 2.75) is 38.0 Å². The second-order valence-corrected chi connectivity index (χ2v) is 8.47. The zero-order valence-corrected chi connectivity index (χ0v) is 15.7. The van der Waals surface area contributed by atoms with E-state index in [4.69, 9.17) is 0 Å². The molecule has 1 aromatic heterocycles. The van der Waals surface area contributed by atoms with E-state index < -0.39 is 0 Å². The van der Waals surface area contributed by atoms with E-state index >= 15 is 0 Å². The third kappa shape index (κ3) is 3.76. The largest absolute Gasteiger partial charge is 0.396 e. The monoisotopic (exact) mass is 371 g/mol. The lowest BCUT2D eigenvalue weighted by Crippen LogP contribution is -2.50. The highest BCUT2D eigenvalue weighted by Crippen LogP contribution is 2.44. The first-order valence-electron chi connectivity index (χ1n) is 9.33. The Kier molecular flexibility index (Phi) is 4.96. The van der Waals surface area contributed by atoms with Crippen LogP contribution in [0.25, 0.3) is 0 Å². The number of anilines is 1. The lowest BCUT2D eigenvalue weighted by Gasteiger charge is -2.42. The fraction of sp³-hybridized carbons (Fsp3) is 0.500. The molecule has 26 heavy (non-hydrogen) atoms. The van der Waals surface area contributed by atoms with Gasteiger partial charge in [0.2, 0.25) is 0 Å². The van der Waals surface area contributed by atoms with Crippen molar-refractivity contribution in [1.82, 2.24) is 9.88 Å². The number of urea groups is 1. The fourth-order valence-corrected chi connectivity index (χ4v) is 4.67. The summed E-state index contributed by atoms with van der Waals surface area (Å²) in [4.78, 5) is 19.1. The number of hydrogen-bond acceptors (Lipinski definition) is 4. The molecule has 1 aliphatic carbocycles. The number of likely N-dealkylation sites (tertiary alicyclic amines) is 1. The Morgan fingerprint density at radius 1 is 1.35 bits per heavy atom. The summed E-state index contributed by atoms with van der Waals surface area (Å²) < 4.78 is 0. The number of hydrogen-bond donors (Lipinski definition) is 2. The third-order valence-corrected chi connectivity index (χ3v) is 6.24. The minimum Gasteiger partial charge on any atom is -0.396 e. The summed E-state index contributed by atoms with van der Waals surface area (Å²) in [5.74, 6) is 0.521. The fourth-order valence-electron chi connectivity index (χ4n) is 3.91. The van der Waals surface area contributed by atoms with Gasteiger partial charge in [-0.05, 0) is 37.7 Å². The van der Waals surface area contributed by atoms with Crippen molar-refractivity contribution in [2.24, 2.45) is 5.41 Å². The van der Waals surface area contributed by atoms with E-state index in [-0.39, 0.29) is 18.1 Å². The Balaban J connectivity index is 1.44. The third-order valence-electron chi connectivity index (χ3n) is 5.49. The van der Waals surface area contributed by atoms with Gasteiger partial charge in [0.25, 0.3) is 0 Å². The first kappa shape index (κ1) is 17.5. The molecule has 0 radical (unpaired) electrons. The zero-order valence-electron chi connectivity index (χ0n) is 14.9. The highest BCUT2D eigenvalue weighted by Gasteiger charge is 2.37. The zero-order chi connectivity index (χ0) is 18.0. The minimum absolute atomic E-state index is 0.0678. The molecule has 138 valence electrons. The smallest absolute Gasteiger partial charge is 0.322 e. The molecule has 2 amide bonds. The molecule has 1 aliphatic heterocycles. The topological polar surface area (TPSA) is 65.5 Å². The molecular weight excluding hydrogens is 346 g/mol. The van der Waals surface area contributed by atoms with Gasteiger partial charge in [0.15, 0.2) is 0 Å². The number of amides is 2. The van der Waals surface area contributed by atoms with Gasteiger partial charge in [-0.15, -0.1) is 11.3 Å². The lowest BCUT2D eigenvalue weighted by atomic mass is 9.76. The van der Waals surface area contributed by atoms with Crippen LogP contribution in [-0.2, 0) is 6.42 Å².